The average molecular weight is 256 g/mol. The summed E-state index contributed by atoms with van der Waals surface area (Å²) >= 11 is 0. The van der Waals surface area contributed by atoms with Crippen LogP contribution in [0.4, 0.5) is 5.69 Å². The van der Waals surface area contributed by atoms with Crippen LogP contribution in [-0.4, -0.2) is 20.7 Å². The molecule has 0 aliphatic rings. The predicted molar refractivity (Wildman–Crippen MR) is 74.5 cm³/mol. The number of rotatable bonds is 3. The smallest absolute Gasteiger partial charge is 0.248 e. The highest BCUT2D eigenvalue weighted by atomic mass is 16.1. The van der Waals surface area contributed by atoms with E-state index in [1.807, 2.05) is 49.7 Å². The average Bonchev–Trinajstić information content (AvgIpc) is 2.75. The van der Waals surface area contributed by atoms with Crippen LogP contribution in [0.3, 0.4) is 0 Å². The zero-order chi connectivity index (χ0) is 13.8. The monoisotopic (exact) mass is 256 g/mol. The molecule has 5 heteroatoms. The Morgan fingerprint density at radius 2 is 2.05 bits per heavy atom. The minimum absolute atomic E-state index is 0.144. The van der Waals surface area contributed by atoms with Crippen molar-refractivity contribution in [2.75, 3.05) is 5.32 Å². The lowest BCUT2D eigenvalue weighted by atomic mass is 10.1. The summed E-state index contributed by atoms with van der Waals surface area (Å²) in [5.74, 6) is 0.572. The Labute approximate surface area is 112 Å². The van der Waals surface area contributed by atoms with Gasteiger partial charge in [0, 0.05) is 18.7 Å². The molecule has 5 nitrogen and oxygen atoms in total. The van der Waals surface area contributed by atoms with Crippen molar-refractivity contribution in [1.82, 2.24) is 14.8 Å². The minimum atomic E-state index is -0.144. The summed E-state index contributed by atoms with van der Waals surface area (Å²) in [4.78, 5) is 11.8. The van der Waals surface area contributed by atoms with E-state index in [2.05, 4.69) is 15.5 Å². The van der Waals surface area contributed by atoms with E-state index >= 15 is 0 Å². The van der Waals surface area contributed by atoms with E-state index < -0.39 is 0 Å². The molecule has 0 aliphatic heterocycles. The topological polar surface area (TPSA) is 59.8 Å². The van der Waals surface area contributed by atoms with Gasteiger partial charge in [-0.25, -0.2) is 0 Å². The van der Waals surface area contributed by atoms with E-state index in [0.29, 0.717) is 5.82 Å². The summed E-state index contributed by atoms with van der Waals surface area (Å²) in [6.07, 6.45) is 3.19. The first-order chi connectivity index (χ1) is 9.08. The van der Waals surface area contributed by atoms with Gasteiger partial charge in [-0.1, -0.05) is 17.7 Å². The van der Waals surface area contributed by atoms with E-state index in [-0.39, 0.29) is 5.91 Å². The molecule has 0 unspecified atom stereocenters. The fourth-order valence-electron chi connectivity index (χ4n) is 1.75. The second-order valence-electron chi connectivity index (χ2n) is 4.52. The molecular weight excluding hydrogens is 240 g/mol. The zero-order valence-corrected chi connectivity index (χ0v) is 11.2. The van der Waals surface area contributed by atoms with Gasteiger partial charge in [-0.05, 0) is 26.0 Å². The number of hydrogen-bond acceptors (Lipinski definition) is 3. The molecule has 0 radical (unpaired) electrons. The third kappa shape index (κ3) is 3.07. The molecule has 1 aromatic carbocycles. The Hall–Kier alpha value is -2.43. The van der Waals surface area contributed by atoms with E-state index in [4.69, 9.17) is 0 Å². The number of aryl methyl sites for hydroxylation is 1. The first-order valence-electron chi connectivity index (χ1n) is 5.97. The molecule has 0 saturated carbocycles. The quantitative estimate of drug-likeness (QED) is 0.858. The summed E-state index contributed by atoms with van der Waals surface area (Å²) < 4.78 is 1.81. The molecular formula is C14H16N4O. The van der Waals surface area contributed by atoms with Crippen LogP contribution in [0.5, 0.6) is 0 Å². The van der Waals surface area contributed by atoms with Gasteiger partial charge in [0.15, 0.2) is 5.82 Å². The van der Waals surface area contributed by atoms with Crippen LogP contribution >= 0.6 is 0 Å². The number of nitrogens with one attached hydrogen (secondary N) is 1. The standard InChI is InChI=1S/C14H16N4O/c1-10(2)8-13(19)16-12-7-5-4-6-11(12)14-17-15-9-18(14)3/h4-9H,1-3H3,(H,16,19). The molecule has 98 valence electrons. The third-order valence-electron chi connectivity index (χ3n) is 2.56. The Morgan fingerprint density at radius 3 is 2.68 bits per heavy atom. The molecule has 0 atom stereocenters. The van der Waals surface area contributed by atoms with Crippen molar-refractivity contribution in [1.29, 1.82) is 0 Å². The maximum absolute atomic E-state index is 11.8. The van der Waals surface area contributed by atoms with E-state index in [9.17, 15) is 4.79 Å². The summed E-state index contributed by atoms with van der Waals surface area (Å²) in [6.45, 7) is 3.77. The summed E-state index contributed by atoms with van der Waals surface area (Å²) in [5.41, 5.74) is 2.52. The molecule has 19 heavy (non-hydrogen) atoms. The lowest BCUT2D eigenvalue weighted by Crippen LogP contribution is -2.10. The molecule has 1 aromatic heterocycles. The van der Waals surface area contributed by atoms with Crippen LogP contribution in [0.1, 0.15) is 13.8 Å². The molecule has 2 rings (SSSR count). The minimum Gasteiger partial charge on any atom is -0.322 e. The molecule has 0 fully saturated rings. The lowest BCUT2D eigenvalue weighted by Gasteiger charge is -2.09. The van der Waals surface area contributed by atoms with Gasteiger partial charge < -0.3 is 9.88 Å². The highest BCUT2D eigenvalue weighted by molar-refractivity contribution is 6.02. The molecule has 0 saturated heterocycles. The third-order valence-corrected chi connectivity index (χ3v) is 2.56. The Balaban J connectivity index is 2.35. The zero-order valence-electron chi connectivity index (χ0n) is 11.2. The molecule has 1 N–H and O–H groups in total. The Bertz CT molecular complexity index is 624. The van der Waals surface area contributed by atoms with Crippen LogP contribution in [0, 0.1) is 0 Å². The number of hydrogen-bond donors (Lipinski definition) is 1. The second-order valence-corrected chi connectivity index (χ2v) is 4.52. The summed E-state index contributed by atoms with van der Waals surface area (Å²) in [7, 11) is 1.87. The summed E-state index contributed by atoms with van der Waals surface area (Å²) in [6, 6.07) is 7.53. The molecule has 0 aliphatic carbocycles. The maximum atomic E-state index is 11.8. The van der Waals surface area contributed by atoms with Crippen molar-refractivity contribution in [2.24, 2.45) is 7.05 Å². The van der Waals surface area contributed by atoms with Crippen molar-refractivity contribution < 1.29 is 4.79 Å². The van der Waals surface area contributed by atoms with Gasteiger partial charge in [0.05, 0.1) is 5.69 Å². The molecule has 0 spiro atoms. The van der Waals surface area contributed by atoms with E-state index in [0.717, 1.165) is 16.8 Å². The number of benzene rings is 1. The number of aromatic nitrogens is 3. The normalized spacial score (nSPS) is 10.1. The Kier molecular flexibility index (Phi) is 3.75. The fourth-order valence-corrected chi connectivity index (χ4v) is 1.75. The fraction of sp³-hybridized carbons (Fsp3) is 0.214. The maximum Gasteiger partial charge on any atom is 0.248 e. The van der Waals surface area contributed by atoms with Crippen LogP contribution < -0.4 is 5.32 Å². The molecule has 1 amide bonds. The van der Waals surface area contributed by atoms with E-state index in [1.165, 1.54) is 0 Å². The van der Waals surface area contributed by atoms with Crippen LogP contribution in [0.25, 0.3) is 11.4 Å². The lowest BCUT2D eigenvalue weighted by molar-refractivity contribution is -0.111. The molecule has 2 aromatic rings. The van der Waals surface area contributed by atoms with Crippen LogP contribution in [0.15, 0.2) is 42.2 Å². The number of amides is 1. The number of para-hydroxylation sites is 1. The second kappa shape index (κ2) is 5.48. The van der Waals surface area contributed by atoms with Gasteiger partial charge in [0.25, 0.3) is 0 Å². The van der Waals surface area contributed by atoms with Crippen LogP contribution in [-0.2, 0) is 11.8 Å². The first-order valence-corrected chi connectivity index (χ1v) is 5.97. The highest BCUT2D eigenvalue weighted by Crippen LogP contribution is 2.25. The van der Waals surface area contributed by atoms with Gasteiger partial charge in [0.1, 0.15) is 6.33 Å². The van der Waals surface area contributed by atoms with Crippen molar-refractivity contribution >= 4 is 11.6 Å². The summed E-state index contributed by atoms with van der Waals surface area (Å²) in [5, 5.41) is 10.8. The van der Waals surface area contributed by atoms with E-state index in [1.54, 1.807) is 12.4 Å². The Morgan fingerprint density at radius 1 is 1.32 bits per heavy atom. The van der Waals surface area contributed by atoms with Crippen molar-refractivity contribution in [3.05, 3.63) is 42.2 Å². The first kappa shape index (κ1) is 13.0. The van der Waals surface area contributed by atoms with Gasteiger partial charge in [-0.3, -0.25) is 4.79 Å². The number of carbonyl (C=O) groups excluding carboxylic acids is 1. The largest absolute Gasteiger partial charge is 0.322 e. The van der Waals surface area contributed by atoms with Crippen molar-refractivity contribution in [2.45, 2.75) is 13.8 Å². The number of allylic oxidation sites excluding steroid dienone is 1. The van der Waals surface area contributed by atoms with Gasteiger partial charge in [0.2, 0.25) is 5.91 Å². The van der Waals surface area contributed by atoms with Crippen molar-refractivity contribution in [3.8, 4) is 11.4 Å². The van der Waals surface area contributed by atoms with Gasteiger partial charge >= 0.3 is 0 Å². The number of anilines is 1. The predicted octanol–water partition coefficient (Wildman–Crippen LogP) is 2.39. The number of carbonyl (C=O) groups is 1. The highest BCUT2D eigenvalue weighted by Gasteiger charge is 2.10. The van der Waals surface area contributed by atoms with Gasteiger partial charge in [-0.15, -0.1) is 10.2 Å². The SMILES string of the molecule is CC(C)=CC(=O)Nc1ccccc1-c1nncn1C. The molecule has 1 heterocycles. The number of nitrogens with zero attached hydrogens (tertiary/aromatic N) is 3. The van der Waals surface area contributed by atoms with Crippen molar-refractivity contribution in [3.63, 3.8) is 0 Å². The van der Waals surface area contributed by atoms with Gasteiger partial charge in [-0.2, -0.15) is 0 Å². The van der Waals surface area contributed by atoms with Crippen LogP contribution in [0.2, 0.25) is 0 Å². The molecule has 0 bridgehead atoms.